The van der Waals surface area contributed by atoms with Crippen LogP contribution in [0.4, 0.5) is 0 Å². The maximum Gasteiger partial charge on any atom is 0.0270 e. The van der Waals surface area contributed by atoms with Crippen LogP contribution in [0.2, 0.25) is 0 Å². The summed E-state index contributed by atoms with van der Waals surface area (Å²) >= 11 is 0. The Morgan fingerprint density at radius 1 is 1.17 bits per heavy atom. The molecular formula is C12H14. The smallest absolute Gasteiger partial charge is 0.0270 e. The lowest BCUT2D eigenvalue weighted by Crippen LogP contribution is -1.90. The summed E-state index contributed by atoms with van der Waals surface area (Å²) < 4.78 is 7.58. The molecule has 1 aliphatic rings. The predicted octanol–water partition coefficient (Wildman–Crippen LogP) is 3.64. The average molecular weight is 159 g/mol. The highest BCUT2D eigenvalue weighted by Gasteiger charge is 2.04. The van der Waals surface area contributed by atoms with Crippen LogP contribution in [0.3, 0.4) is 0 Å². The van der Waals surface area contributed by atoms with Crippen LogP contribution in [0.5, 0.6) is 0 Å². The van der Waals surface area contributed by atoms with E-state index in [9.17, 15) is 0 Å². The first-order valence-corrected chi connectivity index (χ1v) is 4.53. The van der Waals surface area contributed by atoms with Crippen LogP contribution in [0.15, 0.2) is 36.4 Å². The first-order chi connectivity index (χ1) is 6.36. The van der Waals surface area contributed by atoms with Crippen molar-refractivity contribution in [3.8, 4) is 0 Å². The van der Waals surface area contributed by atoms with Gasteiger partial charge in [0.2, 0.25) is 0 Å². The third kappa shape index (κ3) is 1.58. The molecule has 0 radical (unpaired) electrons. The Balaban J connectivity index is 2.19. The van der Waals surface area contributed by atoms with Crippen molar-refractivity contribution in [1.82, 2.24) is 0 Å². The molecule has 0 amide bonds. The zero-order valence-corrected chi connectivity index (χ0v) is 7.16. The molecule has 0 N–H and O–H groups in total. The molecule has 0 aromatic heterocycles. The molecule has 0 heterocycles. The van der Waals surface area contributed by atoms with Crippen LogP contribution in [0.1, 0.15) is 32.6 Å². The van der Waals surface area contributed by atoms with Crippen LogP contribution in [0, 0.1) is 0 Å². The third-order valence-corrected chi connectivity index (χ3v) is 2.29. The molecule has 0 saturated heterocycles. The second-order valence-electron chi connectivity index (χ2n) is 3.16. The van der Waals surface area contributed by atoms with Crippen molar-refractivity contribution in [3.05, 3.63) is 42.0 Å². The molecule has 12 heavy (non-hydrogen) atoms. The van der Waals surface area contributed by atoms with Gasteiger partial charge in [0.25, 0.3) is 0 Å². The largest absolute Gasteiger partial charge is 0.0807 e. The van der Waals surface area contributed by atoms with Crippen LogP contribution in [-0.4, -0.2) is 0 Å². The summed E-state index contributed by atoms with van der Waals surface area (Å²) in [6.07, 6.45) is 5.35. The van der Waals surface area contributed by atoms with Gasteiger partial charge in [0.05, 0.1) is 0 Å². The average Bonchev–Trinajstić information content (AvgIpc) is 2.20. The second-order valence-corrected chi connectivity index (χ2v) is 3.16. The van der Waals surface area contributed by atoms with Gasteiger partial charge in [-0.1, -0.05) is 36.4 Å². The van der Waals surface area contributed by atoms with Crippen LogP contribution < -0.4 is 0 Å². The van der Waals surface area contributed by atoms with Crippen molar-refractivity contribution in [2.75, 3.05) is 0 Å². The fourth-order valence-corrected chi connectivity index (χ4v) is 1.62. The van der Waals surface area contributed by atoms with Crippen molar-refractivity contribution in [2.45, 2.75) is 25.7 Å². The van der Waals surface area contributed by atoms with Gasteiger partial charge in [-0.2, -0.15) is 0 Å². The molecule has 1 aromatic carbocycles. The molecule has 0 saturated carbocycles. The molecular weight excluding hydrogens is 144 g/mol. The van der Waals surface area contributed by atoms with E-state index >= 15 is 0 Å². The highest BCUT2D eigenvalue weighted by molar-refractivity contribution is 5.65. The predicted molar refractivity (Wildman–Crippen MR) is 52.9 cm³/mol. The zero-order chi connectivity index (χ0) is 9.10. The Labute approximate surface area is 75.3 Å². The monoisotopic (exact) mass is 159 g/mol. The summed E-state index contributed by atoms with van der Waals surface area (Å²) in [4.78, 5) is 0. The van der Waals surface area contributed by atoms with E-state index in [0.717, 1.165) is 19.3 Å². The second kappa shape index (κ2) is 3.57. The van der Waals surface area contributed by atoms with Crippen molar-refractivity contribution >= 4 is 5.57 Å². The van der Waals surface area contributed by atoms with E-state index in [-0.39, 0.29) is 6.40 Å². The number of allylic oxidation sites excluding steroid dienone is 2. The van der Waals surface area contributed by atoms with Gasteiger partial charge in [0.1, 0.15) is 0 Å². The lowest BCUT2D eigenvalue weighted by atomic mass is 9.94. The summed E-state index contributed by atoms with van der Waals surface area (Å²) in [5.41, 5.74) is 2.75. The standard InChI is InChI=1S/C12H14/c1-3-7-11(8-4-1)12-9-5-2-6-10-12/h1,3-4,7-9H,2,5-6,10H2/i2D. The first-order valence-electron chi connectivity index (χ1n) is 5.11. The van der Waals surface area contributed by atoms with Gasteiger partial charge in [-0.25, -0.2) is 0 Å². The summed E-state index contributed by atoms with van der Waals surface area (Å²) in [5.74, 6) is 0. The fourth-order valence-electron chi connectivity index (χ4n) is 1.62. The van der Waals surface area contributed by atoms with Gasteiger partial charge >= 0.3 is 0 Å². The fraction of sp³-hybridized carbons (Fsp3) is 0.333. The van der Waals surface area contributed by atoms with Crippen molar-refractivity contribution < 1.29 is 1.37 Å². The van der Waals surface area contributed by atoms with E-state index < -0.39 is 0 Å². The lowest BCUT2D eigenvalue weighted by Gasteiger charge is -2.12. The normalized spacial score (nSPS) is 24.5. The molecule has 1 aliphatic carbocycles. The minimum Gasteiger partial charge on any atom is -0.0807 e. The Hall–Kier alpha value is -1.04. The molecule has 0 nitrogen and oxygen atoms in total. The maximum absolute atomic E-state index is 7.58. The molecule has 62 valence electrons. The minimum atomic E-state index is 0.132. The summed E-state index contributed by atoms with van der Waals surface area (Å²) in [6.45, 7) is 0. The minimum absolute atomic E-state index is 0.132. The third-order valence-electron chi connectivity index (χ3n) is 2.29. The van der Waals surface area contributed by atoms with Crippen molar-refractivity contribution in [2.24, 2.45) is 0 Å². The van der Waals surface area contributed by atoms with E-state index in [1.54, 1.807) is 0 Å². The Morgan fingerprint density at radius 2 is 2.00 bits per heavy atom. The van der Waals surface area contributed by atoms with Gasteiger partial charge in [0, 0.05) is 1.37 Å². The van der Waals surface area contributed by atoms with Crippen molar-refractivity contribution in [3.63, 3.8) is 0 Å². The van der Waals surface area contributed by atoms with E-state index in [4.69, 9.17) is 1.37 Å². The molecule has 0 aliphatic heterocycles. The SMILES string of the molecule is [2H]C1CC=C(c2ccccc2)CC1. The molecule has 1 aromatic rings. The molecule has 1 unspecified atom stereocenters. The molecule has 0 fully saturated rings. The summed E-state index contributed by atoms with van der Waals surface area (Å²) in [7, 11) is 0. The molecule has 1 atom stereocenters. The van der Waals surface area contributed by atoms with E-state index in [2.05, 4.69) is 30.3 Å². The number of benzene rings is 1. The number of hydrogen-bond acceptors (Lipinski definition) is 0. The Bertz CT molecular complexity index is 300. The van der Waals surface area contributed by atoms with Gasteiger partial charge in [-0.3, -0.25) is 0 Å². The molecule has 0 heteroatoms. The quantitative estimate of drug-likeness (QED) is 0.586. The van der Waals surface area contributed by atoms with Gasteiger partial charge in [0.15, 0.2) is 0 Å². The number of rotatable bonds is 1. The lowest BCUT2D eigenvalue weighted by molar-refractivity contribution is 0.742. The van der Waals surface area contributed by atoms with Crippen molar-refractivity contribution in [1.29, 1.82) is 0 Å². The highest BCUT2D eigenvalue weighted by atomic mass is 14.1. The van der Waals surface area contributed by atoms with E-state index in [1.807, 2.05) is 6.07 Å². The summed E-state index contributed by atoms with van der Waals surface area (Å²) in [5, 5.41) is 0. The van der Waals surface area contributed by atoms with Crippen LogP contribution in [-0.2, 0) is 0 Å². The highest BCUT2D eigenvalue weighted by Crippen LogP contribution is 2.25. The van der Waals surface area contributed by atoms with Crippen LogP contribution >= 0.6 is 0 Å². The maximum atomic E-state index is 7.58. The molecule has 0 spiro atoms. The zero-order valence-electron chi connectivity index (χ0n) is 8.16. The molecule has 2 rings (SSSR count). The number of hydrogen-bond donors (Lipinski definition) is 0. The van der Waals surface area contributed by atoms with E-state index in [0.29, 0.717) is 0 Å². The van der Waals surface area contributed by atoms with Gasteiger partial charge < -0.3 is 0 Å². The molecule has 0 bridgehead atoms. The van der Waals surface area contributed by atoms with Gasteiger partial charge in [-0.05, 0) is 36.8 Å². The Morgan fingerprint density at radius 3 is 2.67 bits per heavy atom. The topological polar surface area (TPSA) is 0 Å². The Kier molecular flexibility index (Phi) is 1.93. The first kappa shape index (κ1) is 6.47. The van der Waals surface area contributed by atoms with Crippen LogP contribution in [0.25, 0.3) is 5.57 Å². The van der Waals surface area contributed by atoms with E-state index in [1.165, 1.54) is 11.1 Å². The summed E-state index contributed by atoms with van der Waals surface area (Å²) in [6, 6.07) is 10.5. The van der Waals surface area contributed by atoms with Gasteiger partial charge in [-0.15, -0.1) is 0 Å².